The number of nitrogens with zero attached hydrogens (tertiary/aromatic N) is 2. The van der Waals surface area contributed by atoms with Crippen LogP contribution in [0.2, 0.25) is 0 Å². The van der Waals surface area contributed by atoms with Gasteiger partial charge in [-0.25, -0.2) is 4.79 Å². The lowest BCUT2D eigenvalue weighted by molar-refractivity contribution is -0.00000980. The van der Waals surface area contributed by atoms with Crippen LogP contribution in [0.25, 0.3) is 0 Å². The van der Waals surface area contributed by atoms with Crippen LogP contribution in [0.4, 0.5) is 10.5 Å². The maximum absolute atomic E-state index is 11.7. The maximum atomic E-state index is 11.7. The second-order valence-electron chi connectivity index (χ2n) is 6.98. The molecule has 4 nitrogen and oxygen atoms in total. The monoisotopic (exact) mass is 418 g/mol. The van der Waals surface area contributed by atoms with Crippen molar-refractivity contribution in [2.24, 2.45) is 0 Å². The van der Waals surface area contributed by atoms with E-state index in [0.29, 0.717) is 11.7 Å². The first kappa shape index (κ1) is 19.2. The van der Waals surface area contributed by atoms with Crippen molar-refractivity contribution in [3.05, 3.63) is 23.8 Å². The molecule has 1 aromatic carbocycles. The Morgan fingerprint density at radius 1 is 1.18 bits per heavy atom. The summed E-state index contributed by atoms with van der Waals surface area (Å²) in [7, 11) is 9.93. The van der Waals surface area contributed by atoms with Gasteiger partial charge in [0.05, 0.1) is 21.1 Å². The number of benzene rings is 1. The van der Waals surface area contributed by atoms with Gasteiger partial charge in [0, 0.05) is 25.7 Å². The van der Waals surface area contributed by atoms with Crippen LogP contribution in [-0.2, 0) is 0 Å². The average Bonchev–Trinajstić information content (AvgIpc) is 2.90. The molecule has 1 amide bonds. The zero-order valence-corrected chi connectivity index (χ0v) is 16.4. The largest absolute Gasteiger partial charge is 1.00 e. The Morgan fingerprint density at radius 3 is 2.27 bits per heavy atom. The lowest BCUT2D eigenvalue weighted by Crippen LogP contribution is -3.00. The van der Waals surface area contributed by atoms with Gasteiger partial charge in [-0.05, 0) is 30.9 Å². The van der Waals surface area contributed by atoms with Crippen LogP contribution in [0.15, 0.2) is 18.2 Å². The standard InChI is InChI=1S/C17H27N2O2.HI/c1-18(2)17(20)21-14-10-11-16(19(3,4)5)15(12-14)13-8-6-7-9-13;/h10-13H,6-9H2,1-5H3;1H/q+1;/p-1. The fourth-order valence-electron chi connectivity index (χ4n) is 2.96. The lowest BCUT2D eigenvalue weighted by Gasteiger charge is -2.28. The quantitative estimate of drug-likeness (QED) is 0.532. The Balaban J connectivity index is 0.00000242. The Labute approximate surface area is 151 Å². The molecule has 1 fully saturated rings. The van der Waals surface area contributed by atoms with Gasteiger partial charge in [-0.15, -0.1) is 0 Å². The van der Waals surface area contributed by atoms with E-state index in [1.54, 1.807) is 14.1 Å². The number of carbonyl (C=O) groups excluding carboxylic acids is 1. The van der Waals surface area contributed by atoms with Gasteiger partial charge < -0.3 is 33.6 Å². The molecule has 0 spiro atoms. The van der Waals surface area contributed by atoms with E-state index >= 15 is 0 Å². The van der Waals surface area contributed by atoms with E-state index in [9.17, 15) is 4.79 Å². The summed E-state index contributed by atoms with van der Waals surface area (Å²) in [5.41, 5.74) is 2.65. The molecule has 1 aliphatic rings. The molecule has 1 aromatic rings. The second kappa shape index (κ2) is 7.64. The number of hydrogen-bond acceptors (Lipinski definition) is 2. The van der Waals surface area contributed by atoms with E-state index in [2.05, 4.69) is 33.3 Å². The van der Waals surface area contributed by atoms with Crippen molar-refractivity contribution in [2.75, 3.05) is 35.2 Å². The molecule has 0 radical (unpaired) electrons. The van der Waals surface area contributed by atoms with Gasteiger partial charge in [-0.1, -0.05) is 12.8 Å². The minimum atomic E-state index is -0.328. The van der Waals surface area contributed by atoms with Crippen LogP contribution in [0, 0.1) is 0 Å². The van der Waals surface area contributed by atoms with Gasteiger partial charge in [0.25, 0.3) is 0 Å². The Hall–Kier alpha value is -0.820. The highest BCUT2D eigenvalue weighted by Crippen LogP contribution is 2.41. The smallest absolute Gasteiger partial charge is 0.414 e. The van der Waals surface area contributed by atoms with Crippen molar-refractivity contribution in [3.8, 4) is 5.75 Å². The Kier molecular flexibility index (Phi) is 6.67. The van der Waals surface area contributed by atoms with Gasteiger partial charge in [0.1, 0.15) is 11.4 Å². The van der Waals surface area contributed by atoms with Crippen LogP contribution in [0.5, 0.6) is 5.75 Å². The third-order valence-electron chi connectivity index (χ3n) is 4.09. The molecule has 0 saturated heterocycles. The number of quaternary nitrogens is 1. The number of amides is 1. The topological polar surface area (TPSA) is 29.5 Å². The third kappa shape index (κ3) is 4.59. The van der Waals surface area contributed by atoms with Gasteiger partial charge in [0.2, 0.25) is 0 Å². The Morgan fingerprint density at radius 2 is 1.77 bits per heavy atom. The molecule has 0 unspecified atom stereocenters. The third-order valence-corrected chi connectivity index (χ3v) is 4.09. The molecule has 2 rings (SSSR count). The van der Waals surface area contributed by atoms with Crippen molar-refractivity contribution >= 4 is 11.8 Å². The summed E-state index contributed by atoms with van der Waals surface area (Å²) in [4.78, 5) is 13.2. The minimum absolute atomic E-state index is 0. The van der Waals surface area contributed by atoms with Crippen LogP contribution in [-0.4, -0.2) is 46.2 Å². The predicted octanol–water partition coefficient (Wildman–Crippen LogP) is 0.605. The fraction of sp³-hybridized carbons (Fsp3) is 0.588. The van der Waals surface area contributed by atoms with Crippen molar-refractivity contribution in [2.45, 2.75) is 31.6 Å². The summed E-state index contributed by atoms with van der Waals surface area (Å²) in [5, 5.41) is 0. The first-order chi connectivity index (χ1) is 9.79. The molecule has 1 aliphatic carbocycles. The van der Waals surface area contributed by atoms with Gasteiger partial charge in [-0.3, -0.25) is 4.48 Å². The van der Waals surface area contributed by atoms with Crippen LogP contribution in [0.3, 0.4) is 0 Å². The molecule has 5 heteroatoms. The van der Waals surface area contributed by atoms with E-state index in [-0.39, 0.29) is 30.1 Å². The van der Waals surface area contributed by atoms with Gasteiger partial charge >= 0.3 is 6.09 Å². The number of halogens is 1. The van der Waals surface area contributed by atoms with Crippen LogP contribution >= 0.6 is 0 Å². The zero-order valence-electron chi connectivity index (χ0n) is 14.2. The van der Waals surface area contributed by atoms with Crippen molar-refractivity contribution < 1.29 is 33.5 Å². The molecule has 0 heterocycles. The van der Waals surface area contributed by atoms with E-state index in [1.165, 1.54) is 41.8 Å². The number of carbonyl (C=O) groups is 1. The molecular formula is C17H27IN2O2. The summed E-state index contributed by atoms with van der Waals surface area (Å²) in [6.07, 6.45) is 4.73. The summed E-state index contributed by atoms with van der Waals surface area (Å²) in [6.45, 7) is 0. The van der Waals surface area contributed by atoms with Gasteiger partial charge in [0.15, 0.2) is 0 Å². The lowest BCUT2D eigenvalue weighted by atomic mass is 9.94. The molecule has 0 N–H and O–H groups in total. The van der Waals surface area contributed by atoms with E-state index in [1.807, 2.05) is 6.07 Å². The van der Waals surface area contributed by atoms with E-state index < -0.39 is 0 Å². The molecular weight excluding hydrogens is 391 g/mol. The molecule has 22 heavy (non-hydrogen) atoms. The average molecular weight is 418 g/mol. The first-order valence-electron chi connectivity index (χ1n) is 7.64. The summed E-state index contributed by atoms with van der Waals surface area (Å²) in [6, 6.07) is 6.07. The minimum Gasteiger partial charge on any atom is -1.00 e. The highest BCUT2D eigenvalue weighted by molar-refractivity contribution is 5.70. The van der Waals surface area contributed by atoms with E-state index in [0.717, 1.165) is 4.48 Å². The first-order valence-corrected chi connectivity index (χ1v) is 7.64. The summed E-state index contributed by atoms with van der Waals surface area (Å²) < 4.78 is 6.21. The second-order valence-corrected chi connectivity index (χ2v) is 6.98. The summed E-state index contributed by atoms with van der Waals surface area (Å²) in [5.74, 6) is 1.24. The van der Waals surface area contributed by atoms with Crippen molar-refractivity contribution in [1.29, 1.82) is 0 Å². The molecule has 1 saturated carbocycles. The zero-order chi connectivity index (χ0) is 15.6. The van der Waals surface area contributed by atoms with E-state index in [4.69, 9.17) is 4.74 Å². The van der Waals surface area contributed by atoms with Gasteiger partial charge in [-0.2, -0.15) is 0 Å². The Bertz CT molecular complexity index is 518. The SMILES string of the molecule is CN(C)C(=O)Oc1ccc([N+](C)(C)C)c(C2CCCC2)c1.[I-]. The molecule has 0 aliphatic heterocycles. The van der Waals surface area contributed by atoms with Crippen molar-refractivity contribution in [3.63, 3.8) is 0 Å². The molecule has 0 bridgehead atoms. The number of rotatable bonds is 3. The molecule has 0 aromatic heterocycles. The highest BCUT2D eigenvalue weighted by atomic mass is 127. The predicted molar refractivity (Wildman–Crippen MR) is 86.9 cm³/mol. The van der Waals surface area contributed by atoms with Crippen LogP contribution < -0.4 is 33.2 Å². The maximum Gasteiger partial charge on any atom is 0.414 e. The number of hydrogen-bond donors (Lipinski definition) is 0. The highest BCUT2D eigenvalue weighted by Gasteiger charge is 2.27. The molecule has 124 valence electrons. The van der Waals surface area contributed by atoms with Crippen LogP contribution in [0.1, 0.15) is 37.2 Å². The normalized spacial score (nSPS) is 15.3. The number of ether oxygens (including phenoxy) is 1. The molecule has 0 atom stereocenters. The fourth-order valence-corrected chi connectivity index (χ4v) is 2.96. The summed E-state index contributed by atoms with van der Waals surface area (Å²) >= 11 is 0. The van der Waals surface area contributed by atoms with Crippen molar-refractivity contribution in [1.82, 2.24) is 9.38 Å².